The van der Waals surface area contributed by atoms with Gasteiger partial charge in [0.1, 0.15) is 17.9 Å². The first kappa shape index (κ1) is 47.8. The molecule has 15 nitrogen and oxygen atoms in total. The van der Waals surface area contributed by atoms with E-state index < -0.39 is 27.8 Å². The minimum atomic E-state index is -3.72. The summed E-state index contributed by atoms with van der Waals surface area (Å²) in [6.07, 6.45) is 8.34. The van der Waals surface area contributed by atoms with E-state index in [2.05, 4.69) is 36.2 Å². The Morgan fingerprint density at radius 2 is 1.70 bits per heavy atom. The van der Waals surface area contributed by atoms with Crippen molar-refractivity contribution < 1.29 is 27.1 Å². The van der Waals surface area contributed by atoms with Crippen LogP contribution in [0, 0.1) is 11.7 Å². The molecule has 362 valence electrons. The lowest BCUT2D eigenvalue weighted by Gasteiger charge is -2.38. The lowest BCUT2D eigenvalue weighted by Crippen LogP contribution is -2.44. The van der Waals surface area contributed by atoms with Crippen molar-refractivity contribution in [3.05, 3.63) is 106 Å². The average molecular weight is 976 g/mol. The molecule has 18 heteroatoms. The van der Waals surface area contributed by atoms with Crippen molar-refractivity contribution in [2.75, 3.05) is 53.4 Å². The Bertz CT molecular complexity index is 3050. The summed E-state index contributed by atoms with van der Waals surface area (Å²) in [6, 6.07) is 21.3. The Labute approximate surface area is 405 Å². The Hall–Kier alpha value is -6.24. The van der Waals surface area contributed by atoms with Crippen molar-refractivity contribution in [3.63, 3.8) is 0 Å². The molecule has 0 spiro atoms. The molecular weight excluding hydrogens is 918 g/mol. The highest BCUT2D eigenvalue weighted by Gasteiger charge is 2.31. The van der Waals surface area contributed by atoms with Gasteiger partial charge in [0.15, 0.2) is 5.82 Å². The first-order valence-corrected chi connectivity index (χ1v) is 26.2. The summed E-state index contributed by atoms with van der Waals surface area (Å²) < 4.78 is 51.7. The zero-order chi connectivity index (χ0) is 48.5. The molecule has 3 aliphatic heterocycles. The number of ether oxygens (including phenoxy) is 1. The number of sulfonamides is 1. The van der Waals surface area contributed by atoms with Crippen LogP contribution in [0.4, 0.5) is 27.4 Å². The highest BCUT2D eigenvalue weighted by molar-refractivity contribution is 7.92. The number of halogens is 1. The first-order chi connectivity index (χ1) is 33.1. The Morgan fingerprint density at radius 3 is 2.45 bits per heavy atom. The molecule has 3 fully saturated rings. The van der Waals surface area contributed by atoms with Crippen LogP contribution in [0.5, 0.6) is 5.75 Å². The highest BCUT2D eigenvalue weighted by Crippen LogP contribution is 2.42. The molecule has 6 heterocycles. The number of pyridine rings is 1. The van der Waals surface area contributed by atoms with Crippen LogP contribution in [0.15, 0.2) is 90.0 Å². The topological polar surface area (TPSA) is 181 Å². The van der Waals surface area contributed by atoms with Gasteiger partial charge >= 0.3 is 0 Å². The van der Waals surface area contributed by atoms with Crippen molar-refractivity contribution in [1.82, 2.24) is 29.7 Å². The van der Waals surface area contributed by atoms with E-state index in [0.717, 1.165) is 85.9 Å². The van der Waals surface area contributed by atoms with E-state index in [-0.39, 0.29) is 46.4 Å². The number of likely N-dealkylation sites (tertiary alicyclic amines) is 1. The summed E-state index contributed by atoms with van der Waals surface area (Å²) in [7, 11) is -3.72. The van der Waals surface area contributed by atoms with Crippen molar-refractivity contribution in [1.29, 1.82) is 0 Å². The van der Waals surface area contributed by atoms with Gasteiger partial charge in [-0.3, -0.25) is 24.4 Å². The number of benzene rings is 3. The number of thiazole rings is 1. The van der Waals surface area contributed by atoms with Crippen molar-refractivity contribution >= 4 is 67.0 Å². The average Bonchev–Trinajstić information content (AvgIpc) is 3.78. The molecule has 3 aromatic carbocycles. The van der Waals surface area contributed by atoms with E-state index in [0.29, 0.717) is 46.4 Å². The summed E-state index contributed by atoms with van der Waals surface area (Å²) >= 11 is 1.42. The molecule has 6 aromatic rings. The van der Waals surface area contributed by atoms with E-state index in [1.807, 2.05) is 63.2 Å². The number of hydrogen-bond donors (Lipinski definition) is 3. The molecule has 0 aliphatic carbocycles. The number of amides is 2. The van der Waals surface area contributed by atoms with Crippen LogP contribution in [-0.4, -0.2) is 89.2 Å². The number of rotatable bonds is 14. The molecule has 0 radical (unpaired) electrons. The number of nitrogens with zero attached hydrogens (tertiary/aromatic N) is 6. The van der Waals surface area contributed by atoms with Gasteiger partial charge in [0, 0.05) is 85.3 Å². The highest BCUT2D eigenvalue weighted by atomic mass is 32.2. The van der Waals surface area contributed by atoms with Gasteiger partial charge < -0.3 is 24.4 Å². The van der Waals surface area contributed by atoms with E-state index in [4.69, 9.17) is 14.7 Å². The molecule has 3 N–H and O–H groups in total. The fourth-order valence-electron chi connectivity index (χ4n) is 9.38. The summed E-state index contributed by atoms with van der Waals surface area (Å²) in [6.45, 7) is 12.7. The maximum absolute atomic E-state index is 16.1. The zero-order valence-corrected chi connectivity index (χ0v) is 41.0. The molecular formula is C51H58FN9O6S2. The number of nitrogens with one attached hydrogen (secondary N) is 3. The monoisotopic (exact) mass is 975 g/mol. The van der Waals surface area contributed by atoms with E-state index in [9.17, 15) is 22.8 Å². The molecule has 1 atom stereocenters. The van der Waals surface area contributed by atoms with Crippen LogP contribution in [0.1, 0.15) is 83.7 Å². The molecule has 0 saturated carbocycles. The third kappa shape index (κ3) is 11.0. The van der Waals surface area contributed by atoms with Crippen molar-refractivity contribution in [2.45, 2.75) is 90.2 Å². The number of carbonyl (C=O) groups is 2. The lowest BCUT2D eigenvalue weighted by molar-refractivity contribution is -0.135. The fraction of sp³-hybridized carbons (Fsp3) is 0.412. The van der Waals surface area contributed by atoms with Crippen LogP contribution in [0.25, 0.3) is 32.6 Å². The second-order valence-electron chi connectivity index (χ2n) is 19.3. The predicted octanol–water partition coefficient (Wildman–Crippen LogP) is 8.65. The number of aromatic nitrogens is 4. The minimum Gasteiger partial charge on any atom is -0.490 e. The minimum absolute atomic E-state index is 0.0848. The second-order valence-corrected chi connectivity index (χ2v) is 22.1. The van der Waals surface area contributed by atoms with E-state index >= 15 is 4.39 Å². The van der Waals surface area contributed by atoms with Crippen molar-refractivity contribution in [3.8, 4) is 27.6 Å². The Balaban J connectivity index is 0.785. The van der Waals surface area contributed by atoms with Gasteiger partial charge in [0.25, 0.3) is 5.56 Å². The second kappa shape index (κ2) is 20.0. The third-order valence-electron chi connectivity index (χ3n) is 13.0. The Morgan fingerprint density at radius 1 is 0.913 bits per heavy atom. The standard InChI is InChI=1S/C51H58FN9O6S2/c1-5-28-69(65,66)58-40-11-7-10-39(44(40)52)45-46(68-49(57-45)51(2,3)4)41-16-22-53-50(55-41)54-34-8-6-9-37(30-34)67-36-20-23-59(24-21-36)31-32-17-25-60(26-18-32)35-12-13-38-33(29-35)19-27-61(48(38)64)42-14-15-43(62)56-47(42)63/h6-13,16,19,22,27,29-30,32,36,42,58H,5,14-15,17-18,20-21,23-26,28,31H2,1-4H3,(H,53,54,55)(H,56,62,63)/t42-/m1/s1. The summed E-state index contributed by atoms with van der Waals surface area (Å²) in [5.41, 5.74) is 2.24. The molecule has 3 aliphatic rings. The molecule has 2 amide bonds. The number of fused-ring (bicyclic) bond motifs is 1. The van der Waals surface area contributed by atoms with Gasteiger partial charge in [-0.25, -0.2) is 27.8 Å². The maximum atomic E-state index is 16.1. The molecule has 3 aromatic heterocycles. The number of hydrogen-bond acceptors (Lipinski definition) is 13. The van der Waals surface area contributed by atoms with Gasteiger partial charge in [-0.2, -0.15) is 0 Å². The number of imide groups is 1. The molecule has 69 heavy (non-hydrogen) atoms. The van der Waals surface area contributed by atoms with Crippen LogP contribution in [0.3, 0.4) is 0 Å². The smallest absolute Gasteiger partial charge is 0.259 e. The number of carbonyl (C=O) groups excluding carboxylic acids is 2. The van der Waals surface area contributed by atoms with Crippen molar-refractivity contribution in [2.24, 2.45) is 5.92 Å². The number of anilines is 4. The third-order valence-corrected chi connectivity index (χ3v) is 16.0. The number of piperidine rings is 3. The van der Waals surface area contributed by atoms with Crippen LogP contribution >= 0.6 is 11.3 Å². The zero-order valence-electron chi connectivity index (χ0n) is 39.3. The van der Waals surface area contributed by atoms with Gasteiger partial charge in [0.05, 0.1) is 32.7 Å². The Kier molecular flexibility index (Phi) is 13.9. The normalized spacial score (nSPS) is 17.8. The summed E-state index contributed by atoms with van der Waals surface area (Å²) in [4.78, 5) is 57.3. The molecule has 3 saturated heterocycles. The largest absolute Gasteiger partial charge is 0.490 e. The quantitative estimate of drug-likeness (QED) is 0.0886. The maximum Gasteiger partial charge on any atom is 0.259 e. The molecule has 0 unspecified atom stereocenters. The van der Waals surface area contributed by atoms with Crippen LogP contribution in [0.2, 0.25) is 0 Å². The van der Waals surface area contributed by atoms with E-state index in [1.54, 1.807) is 37.5 Å². The fourth-order valence-corrected chi connectivity index (χ4v) is 11.6. The summed E-state index contributed by atoms with van der Waals surface area (Å²) in [5.74, 6) is 0.128. The van der Waals surface area contributed by atoms with Gasteiger partial charge in [-0.1, -0.05) is 39.8 Å². The predicted molar refractivity (Wildman–Crippen MR) is 269 cm³/mol. The van der Waals surface area contributed by atoms with Crippen LogP contribution in [-0.2, 0) is 25.0 Å². The lowest BCUT2D eigenvalue weighted by atomic mass is 9.94. The van der Waals surface area contributed by atoms with Crippen LogP contribution < -0.4 is 30.6 Å². The SMILES string of the molecule is CCCS(=O)(=O)Nc1cccc(-c2nc(C(C)(C)C)sc2-c2ccnc(Nc3cccc(OC4CCN(CC5CCN(c6ccc7c(=O)n([C@@H]8CCC(=O)NC8=O)ccc7c6)CC5)CC4)c3)n2)c1F. The molecule has 9 rings (SSSR count). The van der Waals surface area contributed by atoms with Gasteiger partial charge in [0.2, 0.25) is 27.8 Å². The van der Waals surface area contributed by atoms with Gasteiger partial charge in [-0.15, -0.1) is 11.3 Å². The first-order valence-electron chi connectivity index (χ1n) is 23.7. The molecule has 0 bridgehead atoms. The van der Waals surface area contributed by atoms with E-state index in [1.165, 1.54) is 22.0 Å². The summed E-state index contributed by atoms with van der Waals surface area (Å²) in [5, 5.41) is 7.85. The van der Waals surface area contributed by atoms with Gasteiger partial charge in [-0.05, 0) is 104 Å².